The third kappa shape index (κ3) is 4.28. The van der Waals surface area contributed by atoms with Gasteiger partial charge in [-0.05, 0) is 36.2 Å². The number of hydrogen-bond donors (Lipinski definition) is 0. The monoisotopic (exact) mass is 428 g/mol. The van der Waals surface area contributed by atoms with Crippen LogP contribution in [0, 0.1) is 6.92 Å². The van der Waals surface area contributed by atoms with Crippen molar-refractivity contribution in [1.82, 2.24) is 0 Å². The van der Waals surface area contributed by atoms with Crippen LogP contribution in [0.5, 0.6) is 0 Å². The van der Waals surface area contributed by atoms with Crippen LogP contribution in [-0.4, -0.2) is 25.9 Å². The van der Waals surface area contributed by atoms with Crippen molar-refractivity contribution in [3.8, 4) is 0 Å². The molecule has 156 valence electrons. The minimum atomic E-state index is -0.277. The van der Waals surface area contributed by atoms with Gasteiger partial charge in [0.05, 0.1) is 16.2 Å². The predicted octanol–water partition coefficient (Wildman–Crippen LogP) is 5.28. The van der Waals surface area contributed by atoms with Gasteiger partial charge in [0.25, 0.3) is 11.8 Å². The molecule has 0 saturated carbocycles. The average Bonchev–Trinajstić information content (AvgIpc) is 3.03. The van der Waals surface area contributed by atoms with Gasteiger partial charge in [0.1, 0.15) is 0 Å². The van der Waals surface area contributed by atoms with E-state index in [0.717, 1.165) is 22.4 Å². The SMILES string of the molecule is Cc1ccc(C2=C(SCc3ccccc3)C(=O)N(c3cccc(N(C)C)c3)C2=O)cc1. The van der Waals surface area contributed by atoms with Crippen molar-refractivity contribution in [2.75, 3.05) is 23.9 Å². The molecule has 4 nitrogen and oxygen atoms in total. The molecular weight excluding hydrogens is 404 g/mol. The third-order valence-corrected chi connectivity index (χ3v) is 6.36. The number of nitrogens with zero attached hydrogens (tertiary/aromatic N) is 2. The van der Waals surface area contributed by atoms with E-state index in [1.165, 1.54) is 16.7 Å². The standard InChI is InChI=1S/C26H24N2O2S/c1-18-12-14-20(15-13-18)23-24(31-17-19-8-5-4-6-9-19)26(30)28(25(23)29)22-11-7-10-21(16-22)27(2)3/h4-16H,17H2,1-3H3. The molecule has 0 saturated heterocycles. The molecule has 2 amide bonds. The summed E-state index contributed by atoms with van der Waals surface area (Å²) in [4.78, 5) is 30.8. The molecule has 3 aromatic carbocycles. The van der Waals surface area contributed by atoms with Crippen LogP contribution < -0.4 is 9.80 Å². The zero-order valence-electron chi connectivity index (χ0n) is 17.8. The Morgan fingerprint density at radius 1 is 0.839 bits per heavy atom. The number of anilines is 2. The molecule has 0 bridgehead atoms. The van der Waals surface area contributed by atoms with Crippen molar-refractivity contribution in [3.05, 3.63) is 100 Å². The van der Waals surface area contributed by atoms with Crippen LogP contribution in [0.2, 0.25) is 0 Å². The van der Waals surface area contributed by atoms with Gasteiger partial charge < -0.3 is 4.90 Å². The van der Waals surface area contributed by atoms with Crippen molar-refractivity contribution in [2.45, 2.75) is 12.7 Å². The Kier molecular flexibility index (Phi) is 5.96. The number of rotatable bonds is 6. The van der Waals surface area contributed by atoms with Crippen molar-refractivity contribution in [2.24, 2.45) is 0 Å². The number of thioether (sulfide) groups is 1. The number of carbonyl (C=O) groups excluding carboxylic acids is 2. The van der Waals surface area contributed by atoms with Crippen molar-refractivity contribution in [3.63, 3.8) is 0 Å². The molecule has 3 aromatic rings. The number of benzene rings is 3. The Labute approximate surface area is 187 Å². The molecule has 0 aromatic heterocycles. The second-order valence-corrected chi connectivity index (χ2v) is 8.69. The Morgan fingerprint density at radius 2 is 1.55 bits per heavy atom. The van der Waals surface area contributed by atoms with Crippen LogP contribution in [-0.2, 0) is 15.3 Å². The molecular formula is C26H24N2O2S. The van der Waals surface area contributed by atoms with Crippen LogP contribution in [0.1, 0.15) is 16.7 Å². The first kappa shape index (κ1) is 20.9. The van der Waals surface area contributed by atoms with Gasteiger partial charge >= 0.3 is 0 Å². The summed E-state index contributed by atoms with van der Waals surface area (Å²) in [5.41, 5.74) is 4.97. The highest BCUT2D eigenvalue weighted by atomic mass is 32.2. The van der Waals surface area contributed by atoms with E-state index in [4.69, 9.17) is 0 Å². The molecule has 1 heterocycles. The molecule has 0 spiro atoms. The third-order valence-electron chi connectivity index (χ3n) is 5.21. The van der Waals surface area contributed by atoms with Gasteiger partial charge in [0.2, 0.25) is 0 Å². The van der Waals surface area contributed by atoms with E-state index in [-0.39, 0.29) is 11.8 Å². The predicted molar refractivity (Wildman–Crippen MR) is 129 cm³/mol. The number of hydrogen-bond acceptors (Lipinski definition) is 4. The molecule has 0 N–H and O–H groups in total. The number of aryl methyl sites for hydroxylation is 1. The van der Waals surface area contributed by atoms with Gasteiger partial charge in [0, 0.05) is 25.5 Å². The van der Waals surface area contributed by atoms with E-state index in [1.54, 1.807) is 6.07 Å². The molecule has 0 atom stereocenters. The average molecular weight is 429 g/mol. The minimum Gasteiger partial charge on any atom is -0.378 e. The number of amides is 2. The van der Waals surface area contributed by atoms with Gasteiger partial charge in [-0.1, -0.05) is 66.2 Å². The maximum Gasteiger partial charge on any atom is 0.272 e. The summed E-state index contributed by atoms with van der Waals surface area (Å²) in [6, 6.07) is 25.2. The lowest BCUT2D eigenvalue weighted by molar-refractivity contribution is -0.119. The van der Waals surface area contributed by atoms with Gasteiger partial charge in [-0.2, -0.15) is 0 Å². The van der Waals surface area contributed by atoms with Crippen LogP contribution >= 0.6 is 11.8 Å². The topological polar surface area (TPSA) is 40.6 Å². The molecule has 0 fully saturated rings. The Balaban J connectivity index is 1.74. The van der Waals surface area contributed by atoms with E-state index in [9.17, 15) is 9.59 Å². The van der Waals surface area contributed by atoms with Crippen LogP contribution in [0.25, 0.3) is 5.57 Å². The Hall–Kier alpha value is -3.31. The largest absolute Gasteiger partial charge is 0.378 e. The number of imide groups is 1. The highest BCUT2D eigenvalue weighted by molar-refractivity contribution is 8.03. The molecule has 5 heteroatoms. The first-order chi connectivity index (χ1) is 15.0. The molecule has 0 unspecified atom stereocenters. The Bertz CT molecular complexity index is 1150. The molecule has 0 aliphatic carbocycles. The van der Waals surface area contributed by atoms with E-state index in [0.29, 0.717) is 21.9 Å². The van der Waals surface area contributed by atoms with Crippen molar-refractivity contribution < 1.29 is 9.59 Å². The maximum atomic E-state index is 13.5. The van der Waals surface area contributed by atoms with E-state index in [1.807, 2.05) is 98.7 Å². The fourth-order valence-corrected chi connectivity index (χ4v) is 4.56. The Morgan fingerprint density at radius 3 is 2.23 bits per heavy atom. The fourth-order valence-electron chi connectivity index (χ4n) is 3.49. The van der Waals surface area contributed by atoms with E-state index in [2.05, 4.69) is 0 Å². The summed E-state index contributed by atoms with van der Waals surface area (Å²) < 4.78 is 0. The lowest BCUT2D eigenvalue weighted by Crippen LogP contribution is -2.31. The van der Waals surface area contributed by atoms with Crippen molar-refractivity contribution in [1.29, 1.82) is 0 Å². The van der Waals surface area contributed by atoms with Crippen LogP contribution in [0.4, 0.5) is 11.4 Å². The smallest absolute Gasteiger partial charge is 0.272 e. The summed E-state index contributed by atoms with van der Waals surface area (Å²) in [6.45, 7) is 2.00. The molecule has 31 heavy (non-hydrogen) atoms. The summed E-state index contributed by atoms with van der Waals surface area (Å²) in [5, 5.41) is 0. The van der Waals surface area contributed by atoms with Crippen molar-refractivity contribution >= 4 is 40.5 Å². The zero-order chi connectivity index (χ0) is 22.0. The second kappa shape index (κ2) is 8.82. The second-order valence-electron chi connectivity index (χ2n) is 7.70. The molecule has 4 rings (SSSR count). The molecule has 0 radical (unpaired) electrons. The van der Waals surface area contributed by atoms with E-state index >= 15 is 0 Å². The minimum absolute atomic E-state index is 0.266. The van der Waals surface area contributed by atoms with Crippen LogP contribution in [0.3, 0.4) is 0 Å². The molecule has 1 aliphatic rings. The first-order valence-electron chi connectivity index (χ1n) is 10.1. The van der Waals surface area contributed by atoms with Gasteiger partial charge in [-0.3, -0.25) is 9.59 Å². The van der Waals surface area contributed by atoms with Crippen LogP contribution in [0.15, 0.2) is 83.8 Å². The van der Waals surface area contributed by atoms with Gasteiger partial charge in [0.15, 0.2) is 0 Å². The molecule has 1 aliphatic heterocycles. The van der Waals surface area contributed by atoms with E-state index < -0.39 is 0 Å². The van der Waals surface area contributed by atoms with Gasteiger partial charge in [-0.25, -0.2) is 4.90 Å². The summed E-state index contributed by atoms with van der Waals surface area (Å²) in [7, 11) is 3.87. The lowest BCUT2D eigenvalue weighted by Gasteiger charge is -2.19. The lowest BCUT2D eigenvalue weighted by atomic mass is 10.0. The highest BCUT2D eigenvalue weighted by Gasteiger charge is 2.40. The summed E-state index contributed by atoms with van der Waals surface area (Å²) in [6.07, 6.45) is 0. The highest BCUT2D eigenvalue weighted by Crippen LogP contribution is 2.40. The normalized spacial score (nSPS) is 13.8. The summed E-state index contributed by atoms with van der Waals surface area (Å²) >= 11 is 1.42. The number of carbonyl (C=O) groups is 2. The quantitative estimate of drug-likeness (QED) is 0.501. The summed E-state index contributed by atoms with van der Waals surface area (Å²) in [5.74, 6) is 0.0774. The fraction of sp³-hybridized carbons (Fsp3) is 0.154. The first-order valence-corrected chi connectivity index (χ1v) is 11.1. The maximum absolute atomic E-state index is 13.5. The van der Waals surface area contributed by atoms with Gasteiger partial charge in [-0.15, -0.1) is 11.8 Å². The zero-order valence-corrected chi connectivity index (χ0v) is 18.6.